The number of piperidine rings is 1. The van der Waals surface area contributed by atoms with Gasteiger partial charge in [-0.2, -0.15) is 0 Å². The molecule has 2 nitrogen and oxygen atoms in total. The summed E-state index contributed by atoms with van der Waals surface area (Å²) >= 11 is 0. The highest BCUT2D eigenvalue weighted by Crippen LogP contribution is 2.22. The van der Waals surface area contributed by atoms with Crippen LogP contribution in [0.1, 0.15) is 59.8 Å². The summed E-state index contributed by atoms with van der Waals surface area (Å²) in [7, 11) is 0. The number of likely N-dealkylation sites (tertiary alicyclic amines) is 1. The maximum Gasteiger partial charge on any atom is 0.0198 e. The van der Waals surface area contributed by atoms with Gasteiger partial charge >= 0.3 is 0 Å². The lowest BCUT2D eigenvalue weighted by atomic mass is 9.90. The first-order chi connectivity index (χ1) is 8.65. The van der Waals surface area contributed by atoms with Gasteiger partial charge in [0, 0.05) is 19.1 Å². The average molecular weight is 254 g/mol. The van der Waals surface area contributed by atoms with E-state index in [9.17, 15) is 0 Å². The van der Waals surface area contributed by atoms with Crippen LogP contribution in [0.5, 0.6) is 0 Å². The Labute approximate surface area is 115 Å². The molecule has 0 bridgehead atoms. The smallest absolute Gasteiger partial charge is 0.0198 e. The number of nitrogens with one attached hydrogen (secondary N) is 1. The highest BCUT2D eigenvalue weighted by molar-refractivity contribution is 4.83. The van der Waals surface area contributed by atoms with Gasteiger partial charge in [0.25, 0.3) is 0 Å². The fraction of sp³-hybridized carbons (Fsp3) is 1.00. The highest BCUT2D eigenvalue weighted by atomic mass is 15.2. The molecule has 108 valence electrons. The third-order valence-corrected chi connectivity index (χ3v) is 4.18. The van der Waals surface area contributed by atoms with E-state index in [-0.39, 0.29) is 0 Å². The molecule has 0 radical (unpaired) electrons. The SMILES string of the molecule is CCCCC1CC(NCCC(C)C)CN(CC)C1. The number of nitrogens with zero attached hydrogens (tertiary/aromatic N) is 1. The van der Waals surface area contributed by atoms with Crippen LogP contribution in [0.25, 0.3) is 0 Å². The van der Waals surface area contributed by atoms with Crippen molar-refractivity contribution < 1.29 is 0 Å². The number of hydrogen-bond acceptors (Lipinski definition) is 2. The van der Waals surface area contributed by atoms with Crippen molar-refractivity contribution in [1.82, 2.24) is 10.2 Å². The molecule has 1 aliphatic heterocycles. The monoisotopic (exact) mass is 254 g/mol. The van der Waals surface area contributed by atoms with E-state index in [0.717, 1.165) is 17.9 Å². The molecule has 1 rings (SSSR count). The summed E-state index contributed by atoms with van der Waals surface area (Å²) in [5.41, 5.74) is 0. The molecule has 1 fully saturated rings. The van der Waals surface area contributed by atoms with Crippen LogP contribution in [0, 0.1) is 11.8 Å². The van der Waals surface area contributed by atoms with Crippen molar-refractivity contribution in [3.63, 3.8) is 0 Å². The third kappa shape index (κ3) is 6.19. The fourth-order valence-corrected chi connectivity index (χ4v) is 2.99. The van der Waals surface area contributed by atoms with Crippen LogP contribution in [0.15, 0.2) is 0 Å². The first kappa shape index (κ1) is 16.0. The lowest BCUT2D eigenvalue weighted by molar-refractivity contribution is 0.140. The maximum absolute atomic E-state index is 3.78. The predicted molar refractivity (Wildman–Crippen MR) is 81.0 cm³/mol. The second-order valence-electron chi connectivity index (χ2n) is 6.43. The van der Waals surface area contributed by atoms with Crippen molar-refractivity contribution in [2.45, 2.75) is 65.8 Å². The van der Waals surface area contributed by atoms with Crippen LogP contribution in [0.2, 0.25) is 0 Å². The van der Waals surface area contributed by atoms with E-state index >= 15 is 0 Å². The Morgan fingerprint density at radius 3 is 2.61 bits per heavy atom. The first-order valence-corrected chi connectivity index (χ1v) is 8.11. The molecule has 0 aliphatic carbocycles. The molecule has 0 saturated carbocycles. The Balaban J connectivity index is 2.31. The van der Waals surface area contributed by atoms with Gasteiger partial charge in [0.05, 0.1) is 0 Å². The summed E-state index contributed by atoms with van der Waals surface area (Å²) in [4.78, 5) is 2.64. The van der Waals surface area contributed by atoms with Gasteiger partial charge in [-0.15, -0.1) is 0 Å². The van der Waals surface area contributed by atoms with Gasteiger partial charge < -0.3 is 10.2 Å². The molecule has 18 heavy (non-hydrogen) atoms. The Morgan fingerprint density at radius 1 is 1.22 bits per heavy atom. The van der Waals surface area contributed by atoms with E-state index in [0.29, 0.717) is 0 Å². The Bertz CT molecular complexity index is 203. The molecule has 2 atom stereocenters. The van der Waals surface area contributed by atoms with Gasteiger partial charge in [-0.25, -0.2) is 0 Å². The molecule has 2 unspecified atom stereocenters. The van der Waals surface area contributed by atoms with Crippen molar-refractivity contribution in [2.24, 2.45) is 11.8 Å². The molecule has 0 amide bonds. The van der Waals surface area contributed by atoms with Crippen LogP contribution in [0.4, 0.5) is 0 Å². The Hall–Kier alpha value is -0.0800. The normalized spacial score (nSPS) is 25.8. The predicted octanol–water partition coefficient (Wildman–Crippen LogP) is 3.52. The molecule has 1 N–H and O–H groups in total. The summed E-state index contributed by atoms with van der Waals surface area (Å²) in [6.45, 7) is 14.2. The molecule has 2 heteroatoms. The topological polar surface area (TPSA) is 15.3 Å². The van der Waals surface area contributed by atoms with E-state index in [1.165, 1.54) is 58.3 Å². The molecule has 0 aromatic carbocycles. The van der Waals surface area contributed by atoms with Crippen molar-refractivity contribution in [1.29, 1.82) is 0 Å². The molecule has 1 heterocycles. The Morgan fingerprint density at radius 2 is 2.00 bits per heavy atom. The minimum Gasteiger partial charge on any atom is -0.313 e. The molecule has 1 aliphatic rings. The van der Waals surface area contributed by atoms with Crippen LogP contribution >= 0.6 is 0 Å². The molecule has 1 saturated heterocycles. The lowest BCUT2D eigenvalue weighted by Gasteiger charge is -2.38. The highest BCUT2D eigenvalue weighted by Gasteiger charge is 2.25. The van der Waals surface area contributed by atoms with Crippen LogP contribution in [0.3, 0.4) is 0 Å². The van der Waals surface area contributed by atoms with Gasteiger partial charge in [-0.3, -0.25) is 0 Å². The maximum atomic E-state index is 3.78. The largest absolute Gasteiger partial charge is 0.313 e. The van der Waals surface area contributed by atoms with E-state index in [1.807, 2.05) is 0 Å². The van der Waals surface area contributed by atoms with Gasteiger partial charge in [0.1, 0.15) is 0 Å². The number of unbranched alkanes of at least 4 members (excludes halogenated alkanes) is 1. The van der Waals surface area contributed by atoms with E-state index < -0.39 is 0 Å². The summed E-state index contributed by atoms with van der Waals surface area (Å²) < 4.78 is 0. The number of hydrogen-bond donors (Lipinski definition) is 1. The fourth-order valence-electron chi connectivity index (χ4n) is 2.99. The minimum absolute atomic E-state index is 0.735. The zero-order valence-electron chi connectivity index (χ0n) is 13.0. The average Bonchev–Trinajstić information content (AvgIpc) is 2.35. The Kier molecular flexibility index (Phi) is 7.92. The number of likely N-dealkylation sites (N-methyl/N-ethyl adjacent to an activating group) is 1. The van der Waals surface area contributed by atoms with Crippen LogP contribution in [-0.2, 0) is 0 Å². The molecule has 0 aromatic heterocycles. The summed E-state index contributed by atoms with van der Waals surface area (Å²) in [6.07, 6.45) is 6.88. The molecule has 0 spiro atoms. The van der Waals surface area contributed by atoms with Crippen molar-refractivity contribution in [2.75, 3.05) is 26.2 Å². The molecular weight excluding hydrogens is 220 g/mol. The second-order valence-corrected chi connectivity index (χ2v) is 6.43. The zero-order chi connectivity index (χ0) is 13.4. The van der Waals surface area contributed by atoms with Gasteiger partial charge in [0.2, 0.25) is 0 Å². The summed E-state index contributed by atoms with van der Waals surface area (Å²) in [6, 6.07) is 0.735. The van der Waals surface area contributed by atoms with Crippen molar-refractivity contribution in [3.05, 3.63) is 0 Å². The summed E-state index contributed by atoms with van der Waals surface area (Å²) in [5.74, 6) is 1.74. The standard InChI is InChI=1S/C16H34N2/c1-5-7-8-15-11-16(13-18(6-2)12-15)17-10-9-14(3)4/h14-17H,5-13H2,1-4H3. The zero-order valence-corrected chi connectivity index (χ0v) is 13.0. The number of rotatable bonds is 8. The molecule has 0 aromatic rings. The van der Waals surface area contributed by atoms with Crippen molar-refractivity contribution in [3.8, 4) is 0 Å². The lowest BCUT2D eigenvalue weighted by Crippen LogP contribution is -2.49. The van der Waals surface area contributed by atoms with Gasteiger partial charge in [-0.1, -0.05) is 40.5 Å². The second kappa shape index (κ2) is 8.92. The van der Waals surface area contributed by atoms with E-state index in [2.05, 4.69) is 37.9 Å². The van der Waals surface area contributed by atoms with E-state index in [4.69, 9.17) is 0 Å². The molecular formula is C16H34N2. The quantitative estimate of drug-likeness (QED) is 0.713. The van der Waals surface area contributed by atoms with Gasteiger partial charge in [0.15, 0.2) is 0 Å². The van der Waals surface area contributed by atoms with E-state index in [1.54, 1.807) is 0 Å². The van der Waals surface area contributed by atoms with Crippen LogP contribution < -0.4 is 5.32 Å². The minimum atomic E-state index is 0.735. The van der Waals surface area contributed by atoms with Gasteiger partial charge in [-0.05, 0) is 44.2 Å². The first-order valence-electron chi connectivity index (χ1n) is 8.11. The van der Waals surface area contributed by atoms with Crippen molar-refractivity contribution >= 4 is 0 Å². The van der Waals surface area contributed by atoms with Crippen LogP contribution in [-0.4, -0.2) is 37.1 Å². The summed E-state index contributed by atoms with van der Waals surface area (Å²) in [5, 5.41) is 3.78. The third-order valence-electron chi connectivity index (χ3n) is 4.18.